The standard InChI is InChI=1S/C20H23N5O2/c1-24-18-5-4-15(19(27)22-9-6-14-3-2-8-21-12-14)11-17(18)23-20(24)25-10-7-16(26)13-25/h2-5,8,11-12,16,26H,6-7,9-10,13H2,1H3,(H,22,27)/t16-/m0/s1. The second-order valence-electron chi connectivity index (χ2n) is 6.93. The fourth-order valence-corrected chi connectivity index (χ4v) is 3.50. The average Bonchev–Trinajstić information content (AvgIpc) is 3.25. The van der Waals surface area contributed by atoms with Crippen LogP contribution < -0.4 is 10.2 Å². The van der Waals surface area contributed by atoms with E-state index < -0.39 is 0 Å². The van der Waals surface area contributed by atoms with Crippen molar-refractivity contribution in [1.29, 1.82) is 0 Å². The van der Waals surface area contributed by atoms with Crippen molar-refractivity contribution < 1.29 is 9.90 Å². The van der Waals surface area contributed by atoms with Crippen LogP contribution in [0.1, 0.15) is 22.3 Å². The second kappa shape index (κ2) is 7.36. The van der Waals surface area contributed by atoms with Crippen molar-refractivity contribution in [1.82, 2.24) is 19.9 Å². The lowest BCUT2D eigenvalue weighted by Crippen LogP contribution is -2.25. The number of rotatable bonds is 5. The Bertz CT molecular complexity index is 954. The normalized spacial score (nSPS) is 16.8. The summed E-state index contributed by atoms with van der Waals surface area (Å²) in [5.74, 6) is 0.722. The lowest BCUT2D eigenvalue weighted by Gasteiger charge is -2.16. The van der Waals surface area contributed by atoms with Gasteiger partial charge in [0, 0.05) is 44.6 Å². The molecule has 2 N–H and O–H groups in total. The quantitative estimate of drug-likeness (QED) is 0.716. The van der Waals surface area contributed by atoms with Crippen molar-refractivity contribution in [2.75, 3.05) is 24.5 Å². The number of anilines is 1. The third-order valence-electron chi connectivity index (χ3n) is 4.99. The first-order valence-electron chi connectivity index (χ1n) is 9.18. The predicted molar refractivity (Wildman–Crippen MR) is 104 cm³/mol. The Balaban J connectivity index is 1.47. The number of nitrogens with one attached hydrogen (secondary N) is 1. The highest BCUT2D eigenvalue weighted by molar-refractivity contribution is 5.97. The molecule has 2 aromatic heterocycles. The Morgan fingerprint density at radius 3 is 3.00 bits per heavy atom. The number of aliphatic hydroxyl groups excluding tert-OH is 1. The SMILES string of the molecule is Cn1c(N2CC[C@H](O)C2)nc2cc(C(=O)NCCc3cccnc3)ccc21. The van der Waals surface area contributed by atoms with Gasteiger partial charge in [-0.15, -0.1) is 0 Å². The number of aryl methyl sites for hydroxylation is 1. The molecule has 1 fully saturated rings. The lowest BCUT2D eigenvalue weighted by atomic mass is 10.1. The van der Waals surface area contributed by atoms with Gasteiger partial charge >= 0.3 is 0 Å². The Morgan fingerprint density at radius 1 is 1.37 bits per heavy atom. The van der Waals surface area contributed by atoms with Crippen molar-refractivity contribution in [3.63, 3.8) is 0 Å². The minimum absolute atomic E-state index is 0.107. The molecular formula is C20H23N5O2. The van der Waals surface area contributed by atoms with E-state index in [1.165, 1.54) is 0 Å². The van der Waals surface area contributed by atoms with Gasteiger partial charge in [-0.1, -0.05) is 6.07 Å². The first-order chi connectivity index (χ1) is 13.1. The Morgan fingerprint density at radius 2 is 2.26 bits per heavy atom. The molecule has 0 radical (unpaired) electrons. The fourth-order valence-electron chi connectivity index (χ4n) is 3.50. The fraction of sp³-hybridized carbons (Fsp3) is 0.350. The van der Waals surface area contributed by atoms with Gasteiger partial charge in [0.05, 0.1) is 17.1 Å². The van der Waals surface area contributed by atoms with Crippen LogP contribution in [0, 0.1) is 0 Å². The monoisotopic (exact) mass is 365 g/mol. The molecule has 7 heteroatoms. The van der Waals surface area contributed by atoms with E-state index in [1.807, 2.05) is 48.1 Å². The van der Waals surface area contributed by atoms with Gasteiger partial charge in [-0.05, 0) is 42.7 Å². The van der Waals surface area contributed by atoms with Crippen molar-refractivity contribution >= 4 is 22.9 Å². The number of nitrogens with zero attached hydrogens (tertiary/aromatic N) is 4. The zero-order valence-electron chi connectivity index (χ0n) is 15.3. The van der Waals surface area contributed by atoms with E-state index >= 15 is 0 Å². The topological polar surface area (TPSA) is 83.3 Å². The first-order valence-corrected chi connectivity index (χ1v) is 9.18. The third kappa shape index (κ3) is 3.64. The largest absolute Gasteiger partial charge is 0.391 e. The van der Waals surface area contributed by atoms with Crippen LogP contribution in [-0.4, -0.2) is 51.3 Å². The molecule has 7 nitrogen and oxygen atoms in total. The minimum Gasteiger partial charge on any atom is -0.391 e. The van der Waals surface area contributed by atoms with E-state index in [9.17, 15) is 9.90 Å². The van der Waals surface area contributed by atoms with E-state index in [4.69, 9.17) is 0 Å². The summed E-state index contributed by atoms with van der Waals surface area (Å²) < 4.78 is 2.01. The predicted octanol–water partition coefficient (Wildman–Crippen LogP) is 1.51. The van der Waals surface area contributed by atoms with Gasteiger partial charge in [0.1, 0.15) is 0 Å². The summed E-state index contributed by atoms with van der Waals surface area (Å²) in [6.07, 6.45) is 4.75. The van der Waals surface area contributed by atoms with E-state index in [1.54, 1.807) is 6.20 Å². The van der Waals surface area contributed by atoms with E-state index in [-0.39, 0.29) is 12.0 Å². The van der Waals surface area contributed by atoms with E-state index in [0.717, 1.165) is 41.9 Å². The highest BCUT2D eigenvalue weighted by atomic mass is 16.3. The van der Waals surface area contributed by atoms with Crippen LogP contribution >= 0.6 is 0 Å². The molecule has 1 amide bonds. The molecule has 0 unspecified atom stereocenters. The van der Waals surface area contributed by atoms with Crippen molar-refractivity contribution in [3.05, 3.63) is 53.9 Å². The van der Waals surface area contributed by atoms with Crippen LogP contribution in [0.3, 0.4) is 0 Å². The van der Waals surface area contributed by atoms with E-state index in [0.29, 0.717) is 18.7 Å². The summed E-state index contributed by atoms with van der Waals surface area (Å²) in [6.45, 7) is 1.95. The summed E-state index contributed by atoms with van der Waals surface area (Å²) in [4.78, 5) is 23.3. The van der Waals surface area contributed by atoms with E-state index in [2.05, 4.69) is 20.2 Å². The van der Waals surface area contributed by atoms with Crippen LogP contribution in [0.15, 0.2) is 42.7 Å². The van der Waals surface area contributed by atoms with Crippen molar-refractivity contribution in [2.45, 2.75) is 18.9 Å². The maximum absolute atomic E-state index is 12.5. The molecule has 1 aliphatic rings. The number of aromatic nitrogens is 3. The maximum Gasteiger partial charge on any atom is 0.251 e. The highest BCUT2D eigenvalue weighted by Crippen LogP contribution is 2.25. The molecule has 4 rings (SSSR count). The van der Waals surface area contributed by atoms with Gasteiger partial charge in [0.2, 0.25) is 5.95 Å². The third-order valence-corrected chi connectivity index (χ3v) is 4.99. The molecule has 0 aliphatic carbocycles. The van der Waals surface area contributed by atoms with Gasteiger partial charge < -0.3 is 19.9 Å². The molecule has 27 heavy (non-hydrogen) atoms. The molecule has 0 bridgehead atoms. The van der Waals surface area contributed by atoms with Crippen LogP contribution in [0.5, 0.6) is 0 Å². The lowest BCUT2D eigenvalue weighted by molar-refractivity contribution is 0.0954. The molecule has 1 atom stereocenters. The number of amides is 1. The number of benzene rings is 1. The Hall–Kier alpha value is -2.93. The molecule has 1 saturated heterocycles. The zero-order valence-corrected chi connectivity index (χ0v) is 15.3. The van der Waals surface area contributed by atoms with Crippen LogP contribution in [0.2, 0.25) is 0 Å². The number of β-amino-alcohol motifs (C(OH)–C–C–N with tert-alkyl or cyclic N) is 1. The maximum atomic E-state index is 12.5. The van der Waals surface area contributed by atoms with Gasteiger partial charge in [-0.3, -0.25) is 9.78 Å². The van der Waals surface area contributed by atoms with Gasteiger partial charge in [-0.25, -0.2) is 4.98 Å². The molecule has 140 valence electrons. The average molecular weight is 365 g/mol. The number of hydrogen-bond donors (Lipinski definition) is 2. The first kappa shape index (κ1) is 17.5. The smallest absolute Gasteiger partial charge is 0.251 e. The molecule has 3 heterocycles. The number of fused-ring (bicyclic) bond motifs is 1. The van der Waals surface area contributed by atoms with Crippen molar-refractivity contribution in [2.24, 2.45) is 7.05 Å². The van der Waals surface area contributed by atoms with Gasteiger partial charge in [0.25, 0.3) is 5.91 Å². The second-order valence-corrected chi connectivity index (χ2v) is 6.93. The van der Waals surface area contributed by atoms with Gasteiger partial charge in [-0.2, -0.15) is 0 Å². The number of carbonyl (C=O) groups is 1. The number of hydrogen-bond acceptors (Lipinski definition) is 5. The highest BCUT2D eigenvalue weighted by Gasteiger charge is 2.24. The summed E-state index contributed by atoms with van der Waals surface area (Å²) in [7, 11) is 1.96. The zero-order chi connectivity index (χ0) is 18.8. The Kier molecular flexibility index (Phi) is 4.77. The summed E-state index contributed by atoms with van der Waals surface area (Å²) in [5.41, 5.74) is 3.45. The number of pyridine rings is 1. The Labute approximate surface area is 157 Å². The van der Waals surface area contributed by atoms with Crippen LogP contribution in [0.25, 0.3) is 11.0 Å². The summed E-state index contributed by atoms with van der Waals surface area (Å²) in [6, 6.07) is 9.46. The van der Waals surface area contributed by atoms with Crippen LogP contribution in [-0.2, 0) is 13.5 Å². The molecule has 0 saturated carbocycles. The number of aliphatic hydroxyl groups is 1. The molecule has 3 aromatic rings. The molecule has 0 spiro atoms. The molecular weight excluding hydrogens is 342 g/mol. The molecule has 1 aromatic carbocycles. The molecule has 1 aliphatic heterocycles. The minimum atomic E-state index is -0.300. The summed E-state index contributed by atoms with van der Waals surface area (Å²) in [5, 5.41) is 12.7. The van der Waals surface area contributed by atoms with Crippen molar-refractivity contribution in [3.8, 4) is 0 Å². The number of carbonyl (C=O) groups excluding carboxylic acids is 1. The summed E-state index contributed by atoms with van der Waals surface area (Å²) >= 11 is 0. The van der Waals surface area contributed by atoms with Gasteiger partial charge in [0.15, 0.2) is 0 Å². The van der Waals surface area contributed by atoms with Crippen LogP contribution in [0.4, 0.5) is 5.95 Å². The number of imidazole rings is 1.